The van der Waals surface area contributed by atoms with Gasteiger partial charge in [0.25, 0.3) is 0 Å². The lowest BCUT2D eigenvalue weighted by molar-refractivity contribution is 0.610. The molecule has 19 heavy (non-hydrogen) atoms. The fraction of sp³-hybridized carbons (Fsp3) is 0.154. The van der Waals surface area contributed by atoms with E-state index in [0.29, 0.717) is 18.9 Å². The van der Waals surface area contributed by atoms with E-state index in [1.807, 2.05) is 28.8 Å². The van der Waals surface area contributed by atoms with Crippen LogP contribution in [0.5, 0.6) is 0 Å². The fourth-order valence-corrected chi connectivity index (χ4v) is 2.02. The predicted octanol–water partition coefficient (Wildman–Crippen LogP) is 1.46. The molecular weight excluding hydrogens is 245 g/mol. The smallest absolute Gasteiger partial charge is 0.235 e. The van der Waals surface area contributed by atoms with E-state index in [-0.39, 0.29) is 0 Å². The van der Waals surface area contributed by atoms with Crippen LogP contribution in [-0.2, 0) is 6.42 Å². The van der Waals surface area contributed by atoms with Crippen LogP contribution in [0.2, 0.25) is 0 Å². The molecule has 6 heteroatoms. The van der Waals surface area contributed by atoms with Crippen LogP contribution < -0.4 is 5.73 Å². The first-order valence-corrected chi connectivity index (χ1v) is 5.94. The van der Waals surface area contributed by atoms with Crippen LogP contribution in [-0.4, -0.2) is 26.1 Å². The second-order valence-electron chi connectivity index (χ2n) is 4.09. The van der Waals surface area contributed by atoms with Crippen molar-refractivity contribution in [2.75, 3.05) is 6.54 Å². The van der Waals surface area contributed by atoms with Gasteiger partial charge < -0.3 is 5.73 Å². The van der Waals surface area contributed by atoms with Gasteiger partial charge in [0.2, 0.25) is 5.95 Å². The number of nitrogens with two attached hydrogens (primary N) is 1. The van der Waals surface area contributed by atoms with Gasteiger partial charge in [-0.15, -0.1) is 0 Å². The lowest BCUT2D eigenvalue weighted by Gasteiger charge is -2.06. The monoisotopic (exact) mass is 257 g/mol. The average Bonchev–Trinajstić information content (AvgIpc) is 2.78. The van der Waals surface area contributed by atoms with Crippen LogP contribution in [0, 0.1) is 5.82 Å². The number of imidazole rings is 1. The zero-order valence-electron chi connectivity index (χ0n) is 10.1. The molecule has 0 aliphatic heterocycles. The van der Waals surface area contributed by atoms with Crippen LogP contribution in [0.15, 0.2) is 36.7 Å². The maximum atomic E-state index is 12.9. The third-order valence-electron chi connectivity index (χ3n) is 2.80. The summed E-state index contributed by atoms with van der Waals surface area (Å²) in [4.78, 5) is 12.5. The van der Waals surface area contributed by atoms with Crippen LogP contribution in [0.25, 0.3) is 17.0 Å². The first kappa shape index (κ1) is 11.7. The molecule has 0 amide bonds. The van der Waals surface area contributed by atoms with Gasteiger partial charge in [-0.2, -0.15) is 0 Å². The molecule has 2 heterocycles. The van der Waals surface area contributed by atoms with Gasteiger partial charge in [-0.05, 0) is 18.7 Å². The molecule has 0 atom stereocenters. The van der Waals surface area contributed by atoms with Crippen molar-refractivity contribution >= 4 is 11.0 Å². The summed E-state index contributed by atoms with van der Waals surface area (Å²) in [5.41, 5.74) is 7.33. The van der Waals surface area contributed by atoms with E-state index in [9.17, 15) is 4.39 Å². The van der Waals surface area contributed by atoms with Gasteiger partial charge in [-0.1, -0.05) is 12.1 Å². The Hall–Kier alpha value is -2.34. The van der Waals surface area contributed by atoms with Gasteiger partial charge in [0, 0.05) is 6.42 Å². The highest BCUT2D eigenvalue weighted by molar-refractivity contribution is 5.77. The van der Waals surface area contributed by atoms with Crippen LogP contribution >= 0.6 is 0 Å². The standard InChI is InChI=1S/C13H12FN5/c14-9-7-16-13(17-8-9)19-11-4-2-1-3-10(11)18-12(19)5-6-15/h1-4,7-8H,5-6,15H2. The highest BCUT2D eigenvalue weighted by atomic mass is 19.1. The number of halogens is 1. The molecule has 0 spiro atoms. The predicted molar refractivity (Wildman–Crippen MR) is 69.4 cm³/mol. The number of para-hydroxylation sites is 2. The van der Waals surface area contributed by atoms with Crippen molar-refractivity contribution in [1.29, 1.82) is 0 Å². The first-order chi connectivity index (χ1) is 9.29. The molecule has 2 aromatic heterocycles. The first-order valence-electron chi connectivity index (χ1n) is 5.94. The minimum atomic E-state index is -0.464. The lowest BCUT2D eigenvalue weighted by atomic mass is 10.3. The summed E-state index contributed by atoms with van der Waals surface area (Å²) < 4.78 is 14.7. The molecule has 96 valence electrons. The average molecular weight is 257 g/mol. The Labute approximate surface area is 108 Å². The molecular formula is C13H12FN5. The van der Waals surface area contributed by atoms with Gasteiger partial charge in [-0.3, -0.25) is 4.57 Å². The maximum Gasteiger partial charge on any atom is 0.235 e. The molecule has 3 rings (SSSR count). The van der Waals surface area contributed by atoms with Gasteiger partial charge in [-0.25, -0.2) is 19.3 Å². The van der Waals surface area contributed by atoms with E-state index in [2.05, 4.69) is 15.0 Å². The van der Waals surface area contributed by atoms with E-state index in [4.69, 9.17) is 5.73 Å². The van der Waals surface area contributed by atoms with Crippen molar-refractivity contribution < 1.29 is 4.39 Å². The summed E-state index contributed by atoms with van der Waals surface area (Å²) in [6, 6.07) is 7.66. The van der Waals surface area contributed by atoms with Gasteiger partial charge in [0.1, 0.15) is 5.82 Å². The summed E-state index contributed by atoms with van der Waals surface area (Å²) in [5.74, 6) is 0.711. The topological polar surface area (TPSA) is 69.6 Å². The second kappa shape index (κ2) is 4.74. The number of benzene rings is 1. The zero-order valence-corrected chi connectivity index (χ0v) is 10.1. The van der Waals surface area contributed by atoms with Crippen molar-refractivity contribution in [3.8, 4) is 5.95 Å². The molecule has 0 bridgehead atoms. The fourth-order valence-electron chi connectivity index (χ4n) is 2.02. The van der Waals surface area contributed by atoms with Crippen molar-refractivity contribution in [2.24, 2.45) is 5.73 Å². The Morgan fingerprint density at radius 3 is 2.63 bits per heavy atom. The number of nitrogens with zero attached hydrogens (tertiary/aromatic N) is 4. The second-order valence-corrected chi connectivity index (χ2v) is 4.09. The van der Waals surface area contributed by atoms with E-state index < -0.39 is 5.82 Å². The molecule has 0 radical (unpaired) electrons. The van der Waals surface area contributed by atoms with Crippen molar-refractivity contribution in [1.82, 2.24) is 19.5 Å². The minimum Gasteiger partial charge on any atom is -0.330 e. The van der Waals surface area contributed by atoms with Crippen molar-refractivity contribution in [2.45, 2.75) is 6.42 Å². The van der Waals surface area contributed by atoms with Crippen LogP contribution in [0.3, 0.4) is 0 Å². The number of hydrogen-bond donors (Lipinski definition) is 1. The summed E-state index contributed by atoms with van der Waals surface area (Å²) in [5, 5.41) is 0. The van der Waals surface area contributed by atoms with Crippen LogP contribution in [0.4, 0.5) is 4.39 Å². The molecule has 0 fully saturated rings. The highest BCUT2D eigenvalue weighted by Crippen LogP contribution is 2.19. The third-order valence-corrected chi connectivity index (χ3v) is 2.80. The van der Waals surface area contributed by atoms with E-state index in [1.165, 1.54) is 0 Å². The Balaban J connectivity index is 2.24. The molecule has 0 aliphatic rings. The molecule has 5 nitrogen and oxygen atoms in total. The summed E-state index contributed by atoms with van der Waals surface area (Å²) in [6.07, 6.45) is 2.89. The van der Waals surface area contributed by atoms with E-state index >= 15 is 0 Å². The maximum absolute atomic E-state index is 12.9. The third kappa shape index (κ3) is 2.06. The summed E-state index contributed by atoms with van der Waals surface area (Å²) in [6.45, 7) is 0.477. The van der Waals surface area contributed by atoms with E-state index in [0.717, 1.165) is 29.3 Å². The number of rotatable bonds is 3. The normalized spacial score (nSPS) is 11.1. The number of fused-ring (bicyclic) bond motifs is 1. The van der Waals surface area contributed by atoms with Crippen molar-refractivity contribution in [3.05, 3.63) is 48.3 Å². The summed E-state index contributed by atoms with van der Waals surface area (Å²) >= 11 is 0. The molecule has 1 aromatic carbocycles. The van der Waals surface area contributed by atoms with E-state index in [1.54, 1.807) is 0 Å². The Morgan fingerprint density at radius 2 is 1.89 bits per heavy atom. The number of hydrogen-bond acceptors (Lipinski definition) is 4. The quantitative estimate of drug-likeness (QED) is 0.771. The van der Waals surface area contributed by atoms with Crippen LogP contribution in [0.1, 0.15) is 5.82 Å². The van der Waals surface area contributed by atoms with Gasteiger partial charge in [0.15, 0.2) is 5.82 Å². The molecule has 0 saturated carbocycles. The number of aromatic nitrogens is 4. The molecule has 0 unspecified atom stereocenters. The Kier molecular flexibility index (Phi) is 2.92. The van der Waals surface area contributed by atoms with Gasteiger partial charge >= 0.3 is 0 Å². The highest BCUT2D eigenvalue weighted by Gasteiger charge is 2.13. The zero-order chi connectivity index (χ0) is 13.2. The SMILES string of the molecule is NCCc1nc2ccccc2n1-c1ncc(F)cn1. The molecule has 0 saturated heterocycles. The molecule has 0 aliphatic carbocycles. The summed E-state index contributed by atoms with van der Waals surface area (Å²) in [7, 11) is 0. The molecule has 2 N–H and O–H groups in total. The largest absolute Gasteiger partial charge is 0.330 e. The van der Waals surface area contributed by atoms with Gasteiger partial charge in [0.05, 0.1) is 23.4 Å². The minimum absolute atomic E-state index is 0.401. The van der Waals surface area contributed by atoms with Crippen molar-refractivity contribution in [3.63, 3.8) is 0 Å². The Morgan fingerprint density at radius 1 is 1.16 bits per heavy atom. The molecule has 3 aromatic rings. The Bertz CT molecular complexity index is 705. The lowest BCUT2D eigenvalue weighted by Crippen LogP contribution is -2.11.